The molecule has 26 heavy (non-hydrogen) atoms. The van der Waals surface area contributed by atoms with Crippen LogP contribution < -0.4 is 15.4 Å². The number of amides is 1. The summed E-state index contributed by atoms with van der Waals surface area (Å²) in [6, 6.07) is 16.8. The molecule has 1 amide bonds. The maximum Gasteiger partial charge on any atom is 0.274 e. The number of methoxy groups -OCH3 is 1. The van der Waals surface area contributed by atoms with Gasteiger partial charge in [-0.15, -0.1) is 0 Å². The van der Waals surface area contributed by atoms with Crippen LogP contribution in [0.4, 0.5) is 17.1 Å². The predicted octanol–water partition coefficient (Wildman–Crippen LogP) is 4.70. The van der Waals surface area contributed by atoms with Crippen molar-refractivity contribution in [1.82, 2.24) is 4.98 Å². The first kappa shape index (κ1) is 17.5. The minimum Gasteiger partial charge on any atom is -0.497 e. The van der Waals surface area contributed by atoms with E-state index in [-0.39, 0.29) is 5.91 Å². The molecule has 0 saturated carbocycles. The van der Waals surface area contributed by atoms with Crippen LogP contribution in [0.3, 0.4) is 0 Å². The quantitative estimate of drug-likeness (QED) is 0.702. The van der Waals surface area contributed by atoms with Crippen LogP contribution in [0.2, 0.25) is 0 Å². The highest BCUT2D eigenvalue weighted by molar-refractivity contribution is 6.03. The molecule has 0 unspecified atom stereocenters. The van der Waals surface area contributed by atoms with Crippen molar-refractivity contribution in [3.8, 4) is 5.75 Å². The van der Waals surface area contributed by atoms with Gasteiger partial charge in [-0.3, -0.25) is 9.78 Å². The molecule has 2 aromatic carbocycles. The third-order valence-corrected chi connectivity index (χ3v) is 4.22. The summed E-state index contributed by atoms with van der Waals surface area (Å²) in [5, 5.41) is 6.19. The molecule has 0 radical (unpaired) electrons. The molecular weight excluding hydrogens is 326 g/mol. The van der Waals surface area contributed by atoms with Crippen LogP contribution in [0.5, 0.6) is 5.75 Å². The molecule has 0 bridgehead atoms. The van der Waals surface area contributed by atoms with Crippen LogP contribution in [0.25, 0.3) is 0 Å². The Morgan fingerprint density at radius 3 is 2.50 bits per heavy atom. The summed E-state index contributed by atoms with van der Waals surface area (Å²) >= 11 is 0. The van der Waals surface area contributed by atoms with Crippen molar-refractivity contribution in [3.05, 3.63) is 77.6 Å². The van der Waals surface area contributed by atoms with Gasteiger partial charge in [-0.25, -0.2) is 0 Å². The number of rotatable bonds is 5. The lowest BCUT2D eigenvalue weighted by Gasteiger charge is -2.12. The van der Waals surface area contributed by atoms with E-state index in [1.807, 2.05) is 18.2 Å². The number of benzene rings is 2. The standard InChI is InChI=1S/C21H21N3O2/c1-14-5-4-6-19(15(14)2)23-17-11-12-22-20(13-17)21(25)24-16-7-9-18(26-3)10-8-16/h4-13H,1-3H3,(H,22,23)(H,24,25). The maximum absolute atomic E-state index is 12.5. The van der Waals surface area contributed by atoms with E-state index < -0.39 is 0 Å². The third kappa shape index (κ3) is 4.00. The summed E-state index contributed by atoms with van der Waals surface area (Å²) in [7, 11) is 1.60. The fourth-order valence-corrected chi connectivity index (χ4v) is 2.54. The largest absolute Gasteiger partial charge is 0.497 e. The molecule has 5 heteroatoms. The Balaban J connectivity index is 1.75. The van der Waals surface area contributed by atoms with E-state index in [1.54, 1.807) is 43.6 Å². The Hall–Kier alpha value is -3.34. The van der Waals surface area contributed by atoms with Crippen molar-refractivity contribution in [2.24, 2.45) is 0 Å². The number of aromatic nitrogens is 1. The first-order valence-electron chi connectivity index (χ1n) is 8.31. The van der Waals surface area contributed by atoms with Gasteiger partial charge in [0.05, 0.1) is 7.11 Å². The SMILES string of the molecule is COc1ccc(NC(=O)c2cc(Nc3cccc(C)c3C)ccn2)cc1. The smallest absolute Gasteiger partial charge is 0.274 e. The third-order valence-electron chi connectivity index (χ3n) is 4.22. The fraction of sp³-hybridized carbons (Fsp3) is 0.143. The van der Waals surface area contributed by atoms with E-state index in [4.69, 9.17) is 4.74 Å². The highest BCUT2D eigenvalue weighted by Crippen LogP contribution is 2.23. The number of carbonyl (C=O) groups excluding carboxylic acids is 1. The summed E-state index contributed by atoms with van der Waals surface area (Å²) in [4.78, 5) is 16.6. The molecule has 3 rings (SSSR count). The summed E-state index contributed by atoms with van der Waals surface area (Å²) in [6.45, 7) is 4.14. The predicted molar refractivity (Wildman–Crippen MR) is 104 cm³/mol. The van der Waals surface area contributed by atoms with Crippen molar-refractivity contribution in [2.45, 2.75) is 13.8 Å². The van der Waals surface area contributed by atoms with Crippen LogP contribution in [-0.2, 0) is 0 Å². The van der Waals surface area contributed by atoms with E-state index in [9.17, 15) is 4.79 Å². The van der Waals surface area contributed by atoms with Gasteiger partial charge in [-0.1, -0.05) is 12.1 Å². The Kier molecular flexibility index (Phi) is 5.17. The van der Waals surface area contributed by atoms with Crippen molar-refractivity contribution < 1.29 is 9.53 Å². The van der Waals surface area contributed by atoms with Crippen molar-refractivity contribution >= 4 is 23.0 Å². The molecule has 3 aromatic rings. The summed E-state index contributed by atoms with van der Waals surface area (Å²) < 4.78 is 5.12. The van der Waals surface area contributed by atoms with Crippen LogP contribution in [0.15, 0.2) is 60.8 Å². The molecule has 0 aliphatic rings. The highest BCUT2D eigenvalue weighted by Gasteiger charge is 2.09. The molecule has 2 N–H and O–H groups in total. The van der Waals surface area contributed by atoms with Gasteiger partial charge in [0, 0.05) is 23.3 Å². The number of carbonyl (C=O) groups is 1. The number of hydrogen-bond acceptors (Lipinski definition) is 4. The summed E-state index contributed by atoms with van der Waals surface area (Å²) in [5.41, 5.74) is 5.24. The Bertz CT molecular complexity index is 921. The molecule has 0 aliphatic heterocycles. The number of aryl methyl sites for hydroxylation is 1. The minimum absolute atomic E-state index is 0.264. The van der Waals surface area contributed by atoms with E-state index in [0.717, 1.165) is 17.1 Å². The topological polar surface area (TPSA) is 63.2 Å². The molecule has 132 valence electrons. The van der Waals surface area contributed by atoms with Crippen LogP contribution in [0, 0.1) is 13.8 Å². The van der Waals surface area contributed by atoms with Crippen LogP contribution in [0.1, 0.15) is 21.6 Å². The molecule has 1 aromatic heterocycles. The van der Waals surface area contributed by atoms with Crippen molar-refractivity contribution in [3.63, 3.8) is 0 Å². The van der Waals surface area contributed by atoms with Gasteiger partial charge in [0.15, 0.2) is 0 Å². The zero-order chi connectivity index (χ0) is 18.5. The second-order valence-corrected chi connectivity index (χ2v) is 5.98. The summed E-state index contributed by atoms with van der Waals surface area (Å²) in [6.07, 6.45) is 1.62. The van der Waals surface area contributed by atoms with Gasteiger partial charge >= 0.3 is 0 Å². The molecule has 0 spiro atoms. The molecule has 0 saturated heterocycles. The first-order chi connectivity index (χ1) is 12.6. The molecule has 0 fully saturated rings. The van der Waals surface area contributed by atoms with Gasteiger partial charge in [-0.2, -0.15) is 0 Å². The van der Waals surface area contributed by atoms with Gasteiger partial charge in [0.2, 0.25) is 0 Å². The Labute approximate surface area is 153 Å². The minimum atomic E-state index is -0.264. The average Bonchev–Trinajstić information content (AvgIpc) is 2.66. The van der Waals surface area contributed by atoms with Gasteiger partial charge in [-0.05, 0) is 67.4 Å². The average molecular weight is 347 g/mol. The van der Waals surface area contributed by atoms with Gasteiger partial charge in [0.1, 0.15) is 11.4 Å². The maximum atomic E-state index is 12.5. The van der Waals surface area contributed by atoms with Crippen molar-refractivity contribution in [1.29, 1.82) is 0 Å². The molecular formula is C21H21N3O2. The van der Waals surface area contributed by atoms with Gasteiger partial charge in [0.25, 0.3) is 5.91 Å². The summed E-state index contributed by atoms with van der Waals surface area (Å²) in [5.74, 6) is 0.473. The number of anilines is 3. The lowest BCUT2D eigenvalue weighted by Crippen LogP contribution is -2.13. The molecule has 1 heterocycles. The Morgan fingerprint density at radius 1 is 1.00 bits per heavy atom. The second-order valence-electron chi connectivity index (χ2n) is 5.98. The zero-order valence-corrected chi connectivity index (χ0v) is 15.0. The van der Waals surface area contributed by atoms with E-state index in [2.05, 4.69) is 35.5 Å². The van der Waals surface area contributed by atoms with Crippen molar-refractivity contribution in [2.75, 3.05) is 17.7 Å². The van der Waals surface area contributed by atoms with Gasteiger partial charge < -0.3 is 15.4 Å². The molecule has 5 nitrogen and oxygen atoms in total. The number of nitrogens with one attached hydrogen (secondary N) is 2. The lowest BCUT2D eigenvalue weighted by molar-refractivity contribution is 0.102. The normalized spacial score (nSPS) is 10.3. The number of pyridine rings is 1. The Morgan fingerprint density at radius 2 is 1.77 bits per heavy atom. The van der Waals surface area contributed by atoms with E-state index in [1.165, 1.54) is 11.1 Å². The number of ether oxygens (including phenoxy) is 1. The molecule has 0 aliphatic carbocycles. The molecule has 0 atom stereocenters. The number of nitrogens with zero attached hydrogens (tertiary/aromatic N) is 1. The zero-order valence-electron chi connectivity index (χ0n) is 15.0. The van der Waals surface area contributed by atoms with E-state index >= 15 is 0 Å². The second kappa shape index (κ2) is 7.70. The monoisotopic (exact) mass is 347 g/mol. The fourth-order valence-electron chi connectivity index (χ4n) is 2.54. The first-order valence-corrected chi connectivity index (χ1v) is 8.31. The highest BCUT2D eigenvalue weighted by atomic mass is 16.5. The van der Waals surface area contributed by atoms with E-state index in [0.29, 0.717) is 11.4 Å². The van der Waals surface area contributed by atoms with Crippen LogP contribution in [-0.4, -0.2) is 18.0 Å². The van der Waals surface area contributed by atoms with Crippen LogP contribution >= 0.6 is 0 Å². The number of hydrogen-bond donors (Lipinski definition) is 2. The lowest BCUT2D eigenvalue weighted by atomic mass is 10.1.